The molecule has 1 aliphatic heterocycles. The van der Waals surface area contributed by atoms with E-state index in [9.17, 15) is 4.79 Å². The predicted molar refractivity (Wildman–Crippen MR) is 88.1 cm³/mol. The first-order valence-electron chi connectivity index (χ1n) is 7.36. The average Bonchev–Trinajstić information content (AvgIpc) is 2.55. The summed E-state index contributed by atoms with van der Waals surface area (Å²) in [6.45, 7) is 1.81. The molecule has 1 aromatic rings. The largest absolute Gasteiger partial charge is 0.479 e. The fourth-order valence-electron chi connectivity index (χ4n) is 2.36. The lowest BCUT2D eigenvalue weighted by molar-refractivity contribution is 0.203. The molecule has 1 aromatic heterocycles. The van der Waals surface area contributed by atoms with Crippen molar-refractivity contribution in [2.75, 3.05) is 58.2 Å². The Morgan fingerprint density at radius 1 is 1.39 bits per heavy atom. The normalized spacial score (nSPS) is 14.3. The van der Waals surface area contributed by atoms with Crippen molar-refractivity contribution in [2.45, 2.75) is 6.42 Å². The second-order valence-corrected chi connectivity index (χ2v) is 5.40. The van der Waals surface area contributed by atoms with E-state index < -0.39 is 0 Å². The smallest absolute Gasteiger partial charge is 0.322 e. The highest BCUT2D eigenvalue weighted by Crippen LogP contribution is 2.30. The summed E-state index contributed by atoms with van der Waals surface area (Å²) in [5.74, 6) is 0.933. The standard InChI is InChI=1S/C15H23N5O3/c1-19(2)13-12(14(23-4)17-10-16-13)18-15(21)20-7-5-11(6-8-20)9-22-3/h5,10H,6-9H2,1-4H3,(H,18,21). The van der Waals surface area contributed by atoms with Gasteiger partial charge in [-0.25, -0.2) is 9.78 Å². The monoisotopic (exact) mass is 321 g/mol. The Labute approximate surface area is 136 Å². The summed E-state index contributed by atoms with van der Waals surface area (Å²) in [5.41, 5.74) is 1.68. The molecular weight excluding hydrogens is 298 g/mol. The van der Waals surface area contributed by atoms with Gasteiger partial charge in [0.05, 0.1) is 13.7 Å². The molecule has 0 atom stereocenters. The van der Waals surface area contributed by atoms with E-state index in [4.69, 9.17) is 9.47 Å². The van der Waals surface area contributed by atoms with Crippen LogP contribution in [0.1, 0.15) is 6.42 Å². The van der Waals surface area contributed by atoms with Gasteiger partial charge >= 0.3 is 6.03 Å². The van der Waals surface area contributed by atoms with Gasteiger partial charge in [0.25, 0.3) is 0 Å². The number of hydrogen-bond donors (Lipinski definition) is 1. The quantitative estimate of drug-likeness (QED) is 0.825. The highest BCUT2D eigenvalue weighted by Gasteiger charge is 2.21. The molecule has 2 amide bonds. The van der Waals surface area contributed by atoms with Gasteiger partial charge in [-0.2, -0.15) is 4.98 Å². The molecule has 0 aliphatic carbocycles. The lowest BCUT2D eigenvalue weighted by Crippen LogP contribution is -2.38. The second kappa shape index (κ2) is 7.77. The lowest BCUT2D eigenvalue weighted by atomic mass is 10.1. The molecule has 0 aromatic carbocycles. The number of nitrogens with one attached hydrogen (secondary N) is 1. The van der Waals surface area contributed by atoms with E-state index in [1.807, 2.05) is 20.2 Å². The zero-order chi connectivity index (χ0) is 16.8. The summed E-state index contributed by atoms with van der Waals surface area (Å²) in [7, 11) is 6.87. The van der Waals surface area contributed by atoms with Crippen molar-refractivity contribution in [1.29, 1.82) is 0 Å². The van der Waals surface area contributed by atoms with Crippen molar-refractivity contribution in [1.82, 2.24) is 14.9 Å². The molecule has 1 N–H and O–H groups in total. The molecule has 8 heteroatoms. The van der Waals surface area contributed by atoms with Crippen molar-refractivity contribution in [2.24, 2.45) is 0 Å². The minimum absolute atomic E-state index is 0.200. The summed E-state index contributed by atoms with van der Waals surface area (Å²) in [5, 5.41) is 2.86. The zero-order valence-electron chi connectivity index (χ0n) is 14.0. The number of anilines is 2. The number of carbonyl (C=O) groups excluding carboxylic acids is 1. The Kier molecular flexibility index (Phi) is 5.75. The van der Waals surface area contributed by atoms with E-state index in [1.54, 1.807) is 16.9 Å². The van der Waals surface area contributed by atoms with Gasteiger partial charge in [0.15, 0.2) is 5.82 Å². The number of aromatic nitrogens is 2. The minimum atomic E-state index is -0.200. The maximum atomic E-state index is 12.5. The minimum Gasteiger partial charge on any atom is -0.479 e. The summed E-state index contributed by atoms with van der Waals surface area (Å²) in [6.07, 6.45) is 4.24. The van der Waals surface area contributed by atoms with Crippen molar-refractivity contribution in [3.05, 3.63) is 18.0 Å². The topological polar surface area (TPSA) is 79.8 Å². The number of amides is 2. The summed E-state index contributed by atoms with van der Waals surface area (Å²) < 4.78 is 10.4. The third-order valence-electron chi connectivity index (χ3n) is 3.56. The Bertz CT molecular complexity index is 588. The second-order valence-electron chi connectivity index (χ2n) is 5.40. The zero-order valence-corrected chi connectivity index (χ0v) is 14.0. The number of rotatable bonds is 5. The molecule has 1 aliphatic rings. The van der Waals surface area contributed by atoms with E-state index in [0.29, 0.717) is 37.1 Å². The molecule has 0 saturated carbocycles. The Hall–Kier alpha value is -2.35. The first-order chi connectivity index (χ1) is 11.1. The van der Waals surface area contributed by atoms with Crippen LogP contribution in [0.15, 0.2) is 18.0 Å². The van der Waals surface area contributed by atoms with Crippen LogP contribution in [0.4, 0.5) is 16.3 Å². The summed E-state index contributed by atoms with van der Waals surface area (Å²) in [4.78, 5) is 24.3. The van der Waals surface area contributed by atoms with Crippen molar-refractivity contribution >= 4 is 17.5 Å². The van der Waals surface area contributed by atoms with Gasteiger partial charge in [-0.15, -0.1) is 0 Å². The van der Waals surface area contributed by atoms with Gasteiger partial charge in [-0.1, -0.05) is 6.08 Å². The third-order valence-corrected chi connectivity index (χ3v) is 3.56. The number of methoxy groups -OCH3 is 2. The molecule has 0 bridgehead atoms. The van der Waals surface area contributed by atoms with Crippen molar-refractivity contribution in [3.8, 4) is 5.88 Å². The average molecular weight is 321 g/mol. The third kappa shape index (κ3) is 4.10. The van der Waals surface area contributed by atoms with Gasteiger partial charge < -0.3 is 19.3 Å². The molecular formula is C15H23N5O3. The Morgan fingerprint density at radius 3 is 2.74 bits per heavy atom. The van der Waals surface area contributed by atoms with Gasteiger partial charge in [-0.05, 0) is 12.0 Å². The molecule has 0 fully saturated rings. The summed E-state index contributed by atoms with van der Waals surface area (Å²) >= 11 is 0. The van der Waals surface area contributed by atoms with Crippen LogP contribution in [-0.4, -0.2) is 68.9 Å². The highest BCUT2D eigenvalue weighted by molar-refractivity contribution is 5.94. The number of hydrogen-bond acceptors (Lipinski definition) is 6. The number of ether oxygens (including phenoxy) is 2. The maximum Gasteiger partial charge on any atom is 0.322 e. The SMILES string of the molecule is COCC1=CCN(C(=O)Nc2c(OC)ncnc2N(C)C)CC1. The van der Waals surface area contributed by atoms with Crippen LogP contribution in [0.2, 0.25) is 0 Å². The van der Waals surface area contributed by atoms with E-state index in [0.717, 1.165) is 6.42 Å². The lowest BCUT2D eigenvalue weighted by Gasteiger charge is -2.27. The van der Waals surface area contributed by atoms with E-state index in [-0.39, 0.29) is 6.03 Å². The van der Waals surface area contributed by atoms with Crippen molar-refractivity contribution in [3.63, 3.8) is 0 Å². The van der Waals surface area contributed by atoms with Crippen LogP contribution in [0, 0.1) is 0 Å². The van der Waals surface area contributed by atoms with E-state index in [1.165, 1.54) is 19.0 Å². The van der Waals surface area contributed by atoms with Gasteiger partial charge in [-0.3, -0.25) is 5.32 Å². The molecule has 2 rings (SSSR count). The number of nitrogens with zero attached hydrogens (tertiary/aromatic N) is 4. The molecule has 0 saturated heterocycles. The van der Waals surface area contributed by atoms with Crippen LogP contribution in [0.3, 0.4) is 0 Å². The van der Waals surface area contributed by atoms with E-state index >= 15 is 0 Å². The number of urea groups is 1. The fourth-order valence-corrected chi connectivity index (χ4v) is 2.36. The predicted octanol–water partition coefficient (Wildman–Crippen LogP) is 1.36. The molecule has 0 spiro atoms. The van der Waals surface area contributed by atoms with Crippen LogP contribution in [0.5, 0.6) is 5.88 Å². The number of carbonyl (C=O) groups is 1. The molecule has 0 radical (unpaired) electrons. The molecule has 126 valence electrons. The van der Waals surface area contributed by atoms with Gasteiger partial charge in [0, 0.05) is 34.3 Å². The van der Waals surface area contributed by atoms with Gasteiger partial charge in [0.2, 0.25) is 5.88 Å². The van der Waals surface area contributed by atoms with Gasteiger partial charge in [0.1, 0.15) is 12.0 Å². The highest BCUT2D eigenvalue weighted by atomic mass is 16.5. The fraction of sp³-hybridized carbons (Fsp3) is 0.533. The van der Waals surface area contributed by atoms with Crippen molar-refractivity contribution < 1.29 is 14.3 Å². The molecule has 2 heterocycles. The summed E-state index contributed by atoms with van der Waals surface area (Å²) in [6, 6.07) is -0.200. The first kappa shape index (κ1) is 17.0. The van der Waals surface area contributed by atoms with Crippen LogP contribution in [0.25, 0.3) is 0 Å². The maximum absolute atomic E-state index is 12.5. The molecule has 23 heavy (non-hydrogen) atoms. The first-order valence-corrected chi connectivity index (χ1v) is 7.36. The van der Waals surface area contributed by atoms with Crippen LogP contribution >= 0.6 is 0 Å². The Morgan fingerprint density at radius 2 is 2.17 bits per heavy atom. The van der Waals surface area contributed by atoms with Crippen LogP contribution < -0.4 is 15.0 Å². The van der Waals surface area contributed by atoms with Crippen LogP contribution in [-0.2, 0) is 4.74 Å². The van der Waals surface area contributed by atoms with E-state index in [2.05, 4.69) is 15.3 Å². The molecule has 8 nitrogen and oxygen atoms in total. The Balaban J connectivity index is 2.12. The molecule has 0 unspecified atom stereocenters.